The van der Waals surface area contributed by atoms with Gasteiger partial charge in [-0.05, 0) is 27.7 Å². The van der Waals surface area contributed by atoms with Crippen molar-refractivity contribution >= 4 is 11.9 Å². The van der Waals surface area contributed by atoms with Gasteiger partial charge in [0.05, 0.1) is 6.42 Å². The number of ether oxygens (including phenoxy) is 2. The number of rotatable bonds is 4. The number of hydrogen-bond donors (Lipinski definition) is 0. The van der Waals surface area contributed by atoms with E-state index in [0.29, 0.717) is 0 Å². The van der Waals surface area contributed by atoms with Gasteiger partial charge in [-0.1, -0.05) is 6.58 Å². The molecule has 0 bridgehead atoms. The highest BCUT2D eigenvalue weighted by molar-refractivity contribution is 5.81. The summed E-state index contributed by atoms with van der Waals surface area (Å²) in [7, 11) is 0. The Bertz CT molecular complexity index is 250. The number of carbonyl (C=O) groups is 2. The molecule has 4 nitrogen and oxygen atoms in total. The Morgan fingerprint density at radius 2 is 1.93 bits per heavy atom. The van der Waals surface area contributed by atoms with Crippen LogP contribution in [0.3, 0.4) is 0 Å². The van der Waals surface area contributed by atoms with Crippen molar-refractivity contribution in [1.82, 2.24) is 0 Å². The van der Waals surface area contributed by atoms with Gasteiger partial charge in [-0.3, -0.25) is 4.79 Å². The second kappa shape index (κ2) is 5.53. The van der Waals surface area contributed by atoms with Crippen LogP contribution in [0.1, 0.15) is 34.1 Å². The van der Waals surface area contributed by atoms with Gasteiger partial charge in [0.2, 0.25) is 0 Å². The van der Waals surface area contributed by atoms with E-state index in [4.69, 9.17) is 9.47 Å². The minimum absolute atomic E-state index is 0.0524. The van der Waals surface area contributed by atoms with Crippen LogP contribution in [0.2, 0.25) is 0 Å². The third-order valence-electron chi connectivity index (χ3n) is 1.36. The third-order valence-corrected chi connectivity index (χ3v) is 1.36. The molecule has 0 heterocycles. The average molecular weight is 214 g/mol. The second-order valence-electron chi connectivity index (χ2n) is 4.24. The fraction of sp³-hybridized carbons (Fsp3) is 0.636. The molecule has 0 unspecified atom stereocenters. The lowest BCUT2D eigenvalue weighted by Gasteiger charge is -2.20. The molecule has 0 aliphatic carbocycles. The Morgan fingerprint density at radius 1 is 1.40 bits per heavy atom. The molecule has 0 amide bonds. The molecule has 0 saturated heterocycles. The molecule has 4 heteroatoms. The molecule has 0 aliphatic rings. The van der Waals surface area contributed by atoms with Gasteiger partial charge in [0, 0.05) is 6.08 Å². The van der Waals surface area contributed by atoms with Crippen molar-refractivity contribution in [2.24, 2.45) is 0 Å². The summed E-state index contributed by atoms with van der Waals surface area (Å²) in [5.74, 6) is -0.919. The van der Waals surface area contributed by atoms with Gasteiger partial charge in [-0.15, -0.1) is 0 Å². The monoisotopic (exact) mass is 214 g/mol. The first-order valence-corrected chi connectivity index (χ1v) is 4.79. The molecule has 1 atom stereocenters. The minimum Gasteiger partial charge on any atom is -0.460 e. The lowest BCUT2D eigenvalue weighted by atomic mass is 10.2. The highest BCUT2D eigenvalue weighted by Crippen LogP contribution is 2.10. The maximum absolute atomic E-state index is 11.3. The van der Waals surface area contributed by atoms with Gasteiger partial charge in [-0.2, -0.15) is 0 Å². The zero-order valence-electron chi connectivity index (χ0n) is 9.70. The van der Waals surface area contributed by atoms with E-state index >= 15 is 0 Å². The zero-order chi connectivity index (χ0) is 12.1. The van der Waals surface area contributed by atoms with Crippen molar-refractivity contribution in [1.29, 1.82) is 0 Å². The van der Waals surface area contributed by atoms with Crippen molar-refractivity contribution in [2.45, 2.75) is 45.8 Å². The fourth-order valence-electron chi connectivity index (χ4n) is 0.906. The molecule has 0 aromatic heterocycles. The van der Waals surface area contributed by atoms with Gasteiger partial charge < -0.3 is 9.47 Å². The van der Waals surface area contributed by atoms with Gasteiger partial charge in [0.1, 0.15) is 11.7 Å². The lowest BCUT2D eigenvalue weighted by molar-refractivity contribution is -0.159. The maximum Gasteiger partial charge on any atom is 0.330 e. The Kier molecular flexibility index (Phi) is 5.05. The molecule has 0 aromatic carbocycles. The molecular formula is C11H18O4. The van der Waals surface area contributed by atoms with Crippen LogP contribution in [0.4, 0.5) is 0 Å². The molecule has 0 aliphatic heterocycles. The van der Waals surface area contributed by atoms with Crippen molar-refractivity contribution in [3.8, 4) is 0 Å². The first-order chi connectivity index (χ1) is 6.74. The fourth-order valence-corrected chi connectivity index (χ4v) is 0.906. The van der Waals surface area contributed by atoms with E-state index < -0.39 is 17.7 Å². The van der Waals surface area contributed by atoms with Gasteiger partial charge in [0.15, 0.2) is 0 Å². The number of hydrogen-bond acceptors (Lipinski definition) is 4. The first kappa shape index (κ1) is 13.7. The van der Waals surface area contributed by atoms with E-state index in [-0.39, 0.29) is 12.4 Å². The Hall–Kier alpha value is -1.32. The summed E-state index contributed by atoms with van der Waals surface area (Å²) >= 11 is 0. The summed E-state index contributed by atoms with van der Waals surface area (Å²) in [5.41, 5.74) is -0.515. The molecule has 0 fully saturated rings. The second-order valence-corrected chi connectivity index (χ2v) is 4.24. The smallest absolute Gasteiger partial charge is 0.330 e. The Morgan fingerprint density at radius 3 is 2.33 bits per heavy atom. The van der Waals surface area contributed by atoms with E-state index in [1.54, 1.807) is 27.7 Å². The van der Waals surface area contributed by atoms with E-state index in [0.717, 1.165) is 6.08 Å². The normalized spacial score (nSPS) is 12.8. The van der Waals surface area contributed by atoms with Crippen LogP contribution in [0.25, 0.3) is 0 Å². The van der Waals surface area contributed by atoms with Gasteiger partial charge >= 0.3 is 11.9 Å². The summed E-state index contributed by atoms with van der Waals surface area (Å²) in [6, 6.07) is 0. The van der Waals surface area contributed by atoms with E-state index in [2.05, 4.69) is 6.58 Å². The van der Waals surface area contributed by atoms with Crippen LogP contribution < -0.4 is 0 Å². The van der Waals surface area contributed by atoms with Crippen molar-refractivity contribution in [2.75, 3.05) is 0 Å². The Balaban J connectivity index is 3.97. The zero-order valence-corrected chi connectivity index (χ0v) is 9.70. The predicted octanol–water partition coefficient (Wildman–Crippen LogP) is 1.84. The SMILES string of the molecule is C=CC(=O)O[C@H](C)CC(=O)OC(C)(C)C. The number of esters is 2. The lowest BCUT2D eigenvalue weighted by Crippen LogP contribution is -2.27. The molecule has 86 valence electrons. The van der Waals surface area contributed by atoms with Crippen molar-refractivity contribution < 1.29 is 19.1 Å². The molecule has 0 rings (SSSR count). The van der Waals surface area contributed by atoms with Crippen LogP contribution in [-0.4, -0.2) is 23.6 Å². The molecule has 0 saturated carbocycles. The van der Waals surface area contributed by atoms with Gasteiger partial charge in [0.25, 0.3) is 0 Å². The minimum atomic E-state index is -0.536. The highest BCUT2D eigenvalue weighted by atomic mass is 16.6. The molecule has 0 aromatic rings. The largest absolute Gasteiger partial charge is 0.460 e. The highest BCUT2D eigenvalue weighted by Gasteiger charge is 2.19. The Labute approximate surface area is 90.2 Å². The maximum atomic E-state index is 11.3. The van der Waals surface area contributed by atoms with Gasteiger partial charge in [-0.25, -0.2) is 4.79 Å². The average Bonchev–Trinajstić information content (AvgIpc) is 1.99. The molecule has 0 radical (unpaired) electrons. The van der Waals surface area contributed by atoms with E-state index in [9.17, 15) is 9.59 Å². The standard InChI is InChI=1S/C11H18O4/c1-6-9(12)14-8(2)7-10(13)15-11(3,4)5/h6,8H,1,7H2,2-5H3/t8-/m1/s1. The summed E-state index contributed by atoms with van der Waals surface area (Å²) in [6.07, 6.45) is 0.618. The third kappa shape index (κ3) is 7.73. The summed E-state index contributed by atoms with van der Waals surface area (Å²) in [4.78, 5) is 22.1. The molecule has 0 spiro atoms. The van der Waals surface area contributed by atoms with Crippen molar-refractivity contribution in [3.63, 3.8) is 0 Å². The van der Waals surface area contributed by atoms with Crippen LogP contribution in [0.15, 0.2) is 12.7 Å². The van der Waals surface area contributed by atoms with Crippen molar-refractivity contribution in [3.05, 3.63) is 12.7 Å². The quantitative estimate of drug-likeness (QED) is 0.529. The molecular weight excluding hydrogens is 196 g/mol. The van der Waals surface area contributed by atoms with E-state index in [1.165, 1.54) is 0 Å². The van der Waals surface area contributed by atoms with E-state index in [1.807, 2.05) is 0 Å². The number of carbonyl (C=O) groups excluding carboxylic acids is 2. The van der Waals surface area contributed by atoms with Crippen LogP contribution >= 0.6 is 0 Å². The summed E-state index contributed by atoms with van der Waals surface area (Å²) in [6.45, 7) is 10.2. The molecule has 15 heavy (non-hydrogen) atoms. The van der Waals surface area contributed by atoms with Crippen LogP contribution in [-0.2, 0) is 19.1 Å². The van der Waals surface area contributed by atoms with Crippen LogP contribution in [0, 0.1) is 0 Å². The predicted molar refractivity (Wildman–Crippen MR) is 56.2 cm³/mol. The summed E-state index contributed by atoms with van der Waals surface area (Å²) < 4.78 is 9.89. The topological polar surface area (TPSA) is 52.6 Å². The summed E-state index contributed by atoms with van der Waals surface area (Å²) in [5, 5.41) is 0. The first-order valence-electron chi connectivity index (χ1n) is 4.79. The van der Waals surface area contributed by atoms with Crippen LogP contribution in [0.5, 0.6) is 0 Å². The molecule has 0 N–H and O–H groups in total.